The largest absolute Gasteiger partial charge is 0.490 e. The third-order valence-electron chi connectivity index (χ3n) is 4.79. The van der Waals surface area contributed by atoms with E-state index in [0.717, 1.165) is 16.9 Å². The first-order valence-electron chi connectivity index (χ1n) is 11.2. The molecule has 0 atom stereocenters. The highest BCUT2D eigenvalue weighted by atomic mass is 16.5. The van der Waals surface area contributed by atoms with Crippen LogP contribution in [0.25, 0.3) is 0 Å². The summed E-state index contributed by atoms with van der Waals surface area (Å²) >= 11 is 0. The summed E-state index contributed by atoms with van der Waals surface area (Å²) in [4.78, 5) is 24.7. The Morgan fingerprint density at radius 1 is 0.853 bits per heavy atom. The van der Waals surface area contributed by atoms with Crippen molar-refractivity contribution in [3.8, 4) is 11.5 Å². The third kappa shape index (κ3) is 7.67. The van der Waals surface area contributed by atoms with Crippen molar-refractivity contribution in [3.05, 3.63) is 83.3 Å². The Balaban J connectivity index is 1.44. The molecule has 8 heteroatoms. The van der Waals surface area contributed by atoms with E-state index in [4.69, 9.17) is 18.6 Å². The lowest BCUT2D eigenvalue weighted by atomic mass is 10.1. The van der Waals surface area contributed by atoms with E-state index in [1.807, 2.05) is 50.2 Å². The first kappa shape index (κ1) is 24.9. The van der Waals surface area contributed by atoms with Gasteiger partial charge in [0.15, 0.2) is 11.5 Å². The molecule has 8 nitrogen and oxygen atoms in total. The van der Waals surface area contributed by atoms with Crippen molar-refractivity contribution in [3.63, 3.8) is 0 Å². The molecule has 2 N–H and O–H groups in total. The van der Waals surface area contributed by atoms with Crippen LogP contribution in [0.2, 0.25) is 0 Å². The molecule has 1 heterocycles. The van der Waals surface area contributed by atoms with Crippen LogP contribution in [0.4, 0.5) is 0 Å². The van der Waals surface area contributed by atoms with Crippen LogP contribution in [-0.4, -0.2) is 31.6 Å². The maximum absolute atomic E-state index is 12.5. The second-order valence-electron chi connectivity index (χ2n) is 7.38. The van der Waals surface area contributed by atoms with Crippen LogP contribution < -0.4 is 20.1 Å². The second-order valence-corrected chi connectivity index (χ2v) is 7.38. The minimum Gasteiger partial charge on any atom is -0.490 e. The summed E-state index contributed by atoms with van der Waals surface area (Å²) in [6, 6.07) is 16.4. The van der Waals surface area contributed by atoms with Gasteiger partial charge >= 0.3 is 0 Å². The van der Waals surface area contributed by atoms with Crippen LogP contribution in [0.5, 0.6) is 11.5 Å². The SMILES string of the molecule is CCOc1ccc(C(=O)NCC(=O)NCc2cccc(COCc3ccco3)c2)cc1OCC. The fourth-order valence-corrected chi connectivity index (χ4v) is 3.21. The zero-order valence-corrected chi connectivity index (χ0v) is 19.5. The van der Waals surface area contributed by atoms with Gasteiger partial charge in [-0.1, -0.05) is 24.3 Å². The minimum absolute atomic E-state index is 0.137. The average Bonchev–Trinajstić information content (AvgIpc) is 3.36. The Morgan fingerprint density at radius 2 is 1.65 bits per heavy atom. The quantitative estimate of drug-likeness (QED) is 0.397. The molecule has 2 amide bonds. The summed E-state index contributed by atoms with van der Waals surface area (Å²) < 4.78 is 22.0. The first-order chi connectivity index (χ1) is 16.6. The standard InChI is InChI=1S/C26H30N2O6/c1-3-32-23-11-10-21(14-24(23)33-4-2)26(30)28-16-25(29)27-15-19-7-5-8-20(13-19)17-31-18-22-9-6-12-34-22/h5-14H,3-4,15-18H2,1-2H3,(H,27,29)(H,28,30). The molecule has 180 valence electrons. The van der Waals surface area contributed by atoms with Crippen LogP contribution in [0.1, 0.15) is 41.1 Å². The molecule has 0 aliphatic heterocycles. The normalized spacial score (nSPS) is 10.5. The number of hydrogen-bond acceptors (Lipinski definition) is 6. The molecule has 0 spiro atoms. The summed E-state index contributed by atoms with van der Waals surface area (Å²) in [6.07, 6.45) is 1.61. The highest BCUT2D eigenvalue weighted by molar-refractivity contribution is 5.97. The zero-order chi connectivity index (χ0) is 24.2. The number of furan rings is 1. The lowest BCUT2D eigenvalue weighted by molar-refractivity contribution is -0.120. The van der Waals surface area contributed by atoms with Crippen LogP contribution in [0.15, 0.2) is 65.3 Å². The second kappa shape index (κ2) is 13.1. The van der Waals surface area contributed by atoms with E-state index in [-0.39, 0.29) is 18.4 Å². The van der Waals surface area contributed by atoms with Crippen molar-refractivity contribution in [1.82, 2.24) is 10.6 Å². The number of amides is 2. The summed E-state index contributed by atoms with van der Waals surface area (Å²) in [6.45, 7) is 5.72. The predicted octanol–water partition coefficient (Wildman–Crippen LogP) is 3.84. The van der Waals surface area contributed by atoms with Crippen molar-refractivity contribution in [2.75, 3.05) is 19.8 Å². The highest BCUT2D eigenvalue weighted by Crippen LogP contribution is 2.28. The van der Waals surface area contributed by atoms with E-state index in [9.17, 15) is 9.59 Å². The van der Waals surface area contributed by atoms with E-state index < -0.39 is 0 Å². The van der Waals surface area contributed by atoms with E-state index in [1.54, 1.807) is 24.5 Å². The summed E-state index contributed by atoms with van der Waals surface area (Å²) in [7, 11) is 0. The molecule has 3 aromatic rings. The number of carbonyl (C=O) groups excluding carboxylic acids is 2. The molecule has 0 saturated carbocycles. The molecule has 1 aromatic heterocycles. The van der Waals surface area contributed by atoms with E-state index in [0.29, 0.717) is 50.0 Å². The molecule has 3 rings (SSSR count). The van der Waals surface area contributed by atoms with Crippen molar-refractivity contribution in [1.29, 1.82) is 0 Å². The molecule has 2 aromatic carbocycles. The van der Waals surface area contributed by atoms with Gasteiger partial charge < -0.3 is 29.3 Å². The molecule has 0 aliphatic carbocycles. The molecule has 34 heavy (non-hydrogen) atoms. The monoisotopic (exact) mass is 466 g/mol. The number of nitrogens with one attached hydrogen (secondary N) is 2. The lowest BCUT2D eigenvalue weighted by Gasteiger charge is -2.12. The maximum Gasteiger partial charge on any atom is 0.251 e. The Kier molecular flexibility index (Phi) is 9.54. The van der Waals surface area contributed by atoms with Gasteiger partial charge in [0.25, 0.3) is 5.91 Å². The number of hydrogen-bond donors (Lipinski definition) is 2. The van der Waals surface area contributed by atoms with Gasteiger partial charge in [-0.25, -0.2) is 0 Å². The van der Waals surface area contributed by atoms with Crippen LogP contribution in [0.3, 0.4) is 0 Å². The number of benzene rings is 2. The van der Waals surface area contributed by atoms with Gasteiger partial charge in [0, 0.05) is 12.1 Å². The van der Waals surface area contributed by atoms with E-state index in [1.165, 1.54) is 0 Å². The zero-order valence-electron chi connectivity index (χ0n) is 19.5. The maximum atomic E-state index is 12.5. The molecular formula is C26H30N2O6. The van der Waals surface area contributed by atoms with Gasteiger partial charge in [0.1, 0.15) is 12.4 Å². The molecule has 0 bridgehead atoms. The topological polar surface area (TPSA) is 99.0 Å². The fraction of sp³-hybridized carbons (Fsp3) is 0.308. The van der Waals surface area contributed by atoms with Gasteiger partial charge in [-0.05, 0) is 55.3 Å². The van der Waals surface area contributed by atoms with Crippen molar-refractivity contribution >= 4 is 11.8 Å². The Bertz CT molecular complexity index is 1060. The highest BCUT2D eigenvalue weighted by Gasteiger charge is 2.13. The van der Waals surface area contributed by atoms with Gasteiger partial charge in [0.2, 0.25) is 5.91 Å². The van der Waals surface area contributed by atoms with E-state index in [2.05, 4.69) is 10.6 Å². The molecule has 0 saturated heterocycles. The van der Waals surface area contributed by atoms with Gasteiger partial charge in [-0.3, -0.25) is 9.59 Å². The van der Waals surface area contributed by atoms with Gasteiger partial charge in [0.05, 0.1) is 32.6 Å². The predicted molar refractivity (Wildman–Crippen MR) is 127 cm³/mol. The molecule has 0 fully saturated rings. The Morgan fingerprint density at radius 3 is 2.41 bits per heavy atom. The van der Waals surface area contributed by atoms with Crippen molar-refractivity contribution < 1.29 is 28.2 Å². The van der Waals surface area contributed by atoms with Crippen LogP contribution in [-0.2, 0) is 29.3 Å². The number of ether oxygens (including phenoxy) is 3. The summed E-state index contributed by atoms with van der Waals surface area (Å²) in [5, 5.41) is 5.45. The summed E-state index contributed by atoms with van der Waals surface area (Å²) in [5.74, 6) is 1.19. The van der Waals surface area contributed by atoms with Crippen LogP contribution >= 0.6 is 0 Å². The van der Waals surface area contributed by atoms with Crippen molar-refractivity contribution in [2.24, 2.45) is 0 Å². The Hall–Kier alpha value is -3.78. The van der Waals surface area contributed by atoms with Gasteiger partial charge in [-0.15, -0.1) is 0 Å². The van der Waals surface area contributed by atoms with Crippen LogP contribution in [0, 0.1) is 0 Å². The van der Waals surface area contributed by atoms with E-state index >= 15 is 0 Å². The third-order valence-corrected chi connectivity index (χ3v) is 4.79. The summed E-state index contributed by atoms with van der Waals surface area (Å²) in [5.41, 5.74) is 2.32. The smallest absolute Gasteiger partial charge is 0.251 e. The Labute approximate surface area is 199 Å². The number of rotatable bonds is 13. The average molecular weight is 467 g/mol. The number of carbonyl (C=O) groups is 2. The molecule has 0 radical (unpaired) electrons. The van der Waals surface area contributed by atoms with Crippen molar-refractivity contribution in [2.45, 2.75) is 33.6 Å². The lowest BCUT2D eigenvalue weighted by Crippen LogP contribution is -2.36. The molecule has 0 aliphatic rings. The first-order valence-corrected chi connectivity index (χ1v) is 11.2. The molecular weight excluding hydrogens is 436 g/mol. The minimum atomic E-state index is -0.366. The fourth-order valence-electron chi connectivity index (χ4n) is 3.21. The van der Waals surface area contributed by atoms with Gasteiger partial charge in [-0.2, -0.15) is 0 Å². The molecule has 0 unspecified atom stereocenters.